The van der Waals surface area contributed by atoms with Gasteiger partial charge < -0.3 is 4.74 Å². The van der Waals surface area contributed by atoms with Crippen LogP contribution in [-0.4, -0.2) is 24.9 Å². The molecule has 5 nitrogen and oxygen atoms in total. The van der Waals surface area contributed by atoms with Crippen LogP contribution in [0.2, 0.25) is 0 Å². The number of amides is 2. The van der Waals surface area contributed by atoms with Crippen molar-refractivity contribution in [1.82, 2.24) is 0 Å². The highest BCUT2D eigenvalue weighted by molar-refractivity contribution is 6.23. The Morgan fingerprint density at radius 1 is 1.04 bits per heavy atom. The van der Waals surface area contributed by atoms with E-state index in [2.05, 4.69) is 16.9 Å². The number of rotatable bonds is 2. The minimum absolute atomic E-state index is 0.0843. The van der Waals surface area contributed by atoms with Crippen molar-refractivity contribution < 1.29 is 19.1 Å². The smallest absolute Gasteiger partial charge is 0.337 e. The number of methoxy groups -OCH3 is 1. The van der Waals surface area contributed by atoms with Gasteiger partial charge >= 0.3 is 5.97 Å². The van der Waals surface area contributed by atoms with E-state index in [1.54, 1.807) is 24.3 Å². The van der Waals surface area contributed by atoms with Crippen molar-refractivity contribution in [3.05, 3.63) is 42.0 Å². The number of fused-ring (bicyclic) bond motifs is 3. The van der Waals surface area contributed by atoms with Gasteiger partial charge in [-0.1, -0.05) is 12.2 Å². The largest absolute Gasteiger partial charge is 0.465 e. The van der Waals surface area contributed by atoms with Crippen LogP contribution in [0.1, 0.15) is 23.2 Å². The van der Waals surface area contributed by atoms with Crippen LogP contribution in [0.5, 0.6) is 0 Å². The quantitative estimate of drug-likeness (QED) is 0.475. The van der Waals surface area contributed by atoms with Crippen LogP contribution in [0.25, 0.3) is 0 Å². The van der Waals surface area contributed by atoms with Crippen molar-refractivity contribution in [3.8, 4) is 0 Å². The van der Waals surface area contributed by atoms with Crippen LogP contribution in [0.15, 0.2) is 36.4 Å². The Labute approximate surface area is 139 Å². The lowest BCUT2D eigenvalue weighted by Crippen LogP contribution is -2.34. The number of anilines is 1. The number of ether oxygens (including phenoxy) is 1. The number of carbonyl (C=O) groups is 3. The molecule has 1 aromatic carbocycles. The molecule has 0 radical (unpaired) electrons. The highest BCUT2D eigenvalue weighted by Crippen LogP contribution is 2.73. The van der Waals surface area contributed by atoms with Gasteiger partial charge in [0.15, 0.2) is 0 Å². The molecule has 4 atom stereocenters. The topological polar surface area (TPSA) is 63.7 Å². The summed E-state index contributed by atoms with van der Waals surface area (Å²) in [5.74, 6) is -0.551. The average Bonchev–Trinajstić information content (AvgIpc) is 3.20. The molecule has 1 spiro atoms. The predicted octanol–water partition coefficient (Wildman–Crippen LogP) is 2.17. The molecule has 0 aromatic heterocycles. The summed E-state index contributed by atoms with van der Waals surface area (Å²) in [4.78, 5) is 38.8. The second-order valence-corrected chi connectivity index (χ2v) is 7.27. The molecule has 5 rings (SSSR count). The first-order chi connectivity index (χ1) is 11.6. The Bertz CT molecular complexity index is 771. The van der Waals surface area contributed by atoms with Gasteiger partial charge in [0.1, 0.15) is 0 Å². The standard InChI is InChI=1S/C19H17NO4/c1-24-18(23)10-2-4-11(5-3-10)20-16(21)14-12-6-7-13(15(14)17(20)22)19(12)8-9-19/h2-7,12-15H,8-9H2,1H3/t12-,13-,14-,15-/m0/s1. The maximum Gasteiger partial charge on any atom is 0.337 e. The average molecular weight is 323 g/mol. The fourth-order valence-electron chi connectivity index (χ4n) is 5.20. The molecule has 1 saturated heterocycles. The monoisotopic (exact) mass is 323 g/mol. The third kappa shape index (κ3) is 1.48. The van der Waals surface area contributed by atoms with E-state index in [0.29, 0.717) is 11.3 Å². The summed E-state index contributed by atoms with van der Waals surface area (Å²) in [6.07, 6.45) is 6.59. The minimum Gasteiger partial charge on any atom is -0.465 e. The molecule has 2 amide bonds. The third-order valence-electron chi connectivity index (χ3n) is 6.40. The lowest BCUT2D eigenvalue weighted by Gasteiger charge is -2.21. The molecule has 3 fully saturated rings. The van der Waals surface area contributed by atoms with E-state index in [4.69, 9.17) is 0 Å². The van der Waals surface area contributed by atoms with Crippen LogP contribution < -0.4 is 4.90 Å². The Hall–Kier alpha value is -2.43. The van der Waals surface area contributed by atoms with Gasteiger partial charge in [-0.2, -0.15) is 0 Å². The molecule has 2 saturated carbocycles. The number of benzene rings is 1. The molecular weight excluding hydrogens is 306 g/mol. The van der Waals surface area contributed by atoms with Crippen molar-refractivity contribution in [2.75, 3.05) is 12.0 Å². The Morgan fingerprint density at radius 2 is 1.58 bits per heavy atom. The summed E-state index contributed by atoms with van der Waals surface area (Å²) in [5, 5.41) is 0. The van der Waals surface area contributed by atoms with Crippen molar-refractivity contribution in [2.45, 2.75) is 12.8 Å². The predicted molar refractivity (Wildman–Crippen MR) is 85.0 cm³/mol. The molecule has 1 aliphatic heterocycles. The molecule has 1 heterocycles. The SMILES string of the molecule is COC(=O)c1ccc(N2C(=O)[C@@H]3[C@@H](C2=O)[C@@H]2C=C[C@@H]3C23CC3)cc1. The van der Waals surface area contributed by atoms with Gasteiger partial charge in [0.05, 0.1) is 30.2 Å². The highest BCUT2D eigenvalue weighted by atomic mass is 16.5. The first-order valence-corrected chi connectivity index (χ1v) is 8.33. The van der Waals surface area contributed by atoms with Crippen molar-refractivity contribution >= 4 is 23.5 Å². The van der Waals surface area contributed by atoms with E-state index in [0.717, 1.165) is 12.8 Å². The van der Waals surface area contributed by atoms with Gasteiger partial charge in [-0.25, -0.2) is 4.79 Å². The van der Waals surface area contributed by atoms with E-state index in [-0.39, 0.29) is 40.9 Å². The second-order valence-electron chi connectivity index (χ2n) is 7.27. The van der Waals surface area contributed by atoms with E-state index < -0.39 is 5.97 Å². The van der Waals surface area contributed by atoms with Gasteiger partial charge in [0.2, 0.25) is 11.8 Å². The number of carbonyl (C=O) groups excluding carboxylic acids is 3. The van der Waals surface area contributed by atoms with E-state index in [1.165, 1.54) is 12.0 Å². The Morgan fingerprint density at radius 3 is 2.04 bits per heavy atom. The van der Waals surface area contributed by atoms with Crippen LogP contribution in [-0.2, 0) is 14.3 Å². The fraction of sp³-hybridized carbons (Fsp3) is 0.421. The number of hydrogen-bond acceptors (Lipinski definition) is 4. The molecular formula is C19H17NO4. The summed E-state index contributed by atoms with van der Waals surface area (Å²) in [7, 11) is 1.32. The van der Waals surface area contributed by atoms with E-state index >= 15 is 0 Å². The lowest BCUT2D eigenvalue weighted by atomic mass is 9.85. The van der Waals surface area contributed by atoms with Crippen LogP contribution in [0.4, 0.5) is 5.69 Å². The van der Waals surface area contributed by atoms with E-state index in [1.807, 2.05) is 0 Å². The number of allylic oxidation sites excluding steroid dienone is 2. The molecule has 3 aliphatic carbocycles. The zero-order valence-electron chi connectivity index (χ0n) is 13.3. The molecule has 5 heteroatoms. The van der Waals surface area contributed by atoms with Crippen molar-refractivity contribution in [2.24, 2.45) is 29.1 Å². The number of imide groups is 1. The molecule has 24 heavy (non-hydrogen) atoms. The van der Waals surface area contributed by atoms with Crippen LogP contribution in [0.3, 0.4) is 0 Å². The number of nitrogens with zero attached hydrogens (tertiary/aromatic N) is 1. The van der Waals surface area contributed by atoms with Crippen molar-refractivity contribution in [3.63, 3.8) is 0 Å². The summed E-state index contributed by atoms with van der Waals surface area (Å²) in [6.45, 7) is 0. The van der Waals surface area contributed by atoms with Gasteiger partial charge in [0.25, 0.3) is 0 Å². The van der Waals surface area contributed by atoms with Crippen LogP contribution >= 0.6 is 0 Å². The van der Waals surface area contributed by atoms with E-state index in [9.17, 15) is 14.4 Å². The molecule has 0 unspecified atom stereocenters. The zero-order chi connectivity index (χ0) is 16.6. The molecule has 1 aromatic rings. The summed E-state index contributed by atoms with van der Waals surface area (Å²) < 4.78 is 4.68. The minimum atomic E-state index is -0.435. The maximum absolute atomic E-state index is 13.0. The van der Waals surface area contributed by atoms with Crippen molar-refractivity contribution in [1.29, 1.82) is 0 Å². The third-order valence-corrected chi connectivity index (χ3v) is 6.40. The molecule has 122 valence electrons. The van der Waals surface area contributed by atoms with Crippen LogP contribution in [0, 0.1) is 29.1 Å². The number of esters is 1. The van der Waals surface area contributed by atoms with Gasteiger partial charge in [-0.15, -0.1) is 0 Å². The molecule has 2 bridgehead atoms. The maximum atomic E-state index is 13.0. The highest BCUT2D eigenvalue weighted by Gasteiger charge is 2.73. The molecule has 4 aliphatic rings. The van der Waals surface area contributed by atoms with Gasteiger partial charge in [-0.05, 0) is 54.4 Å². The number of hydrogen-bond donors (Lipinski definition) is 0. The Kier molecular flexibility index (Phi) is 2.53. The summed E-state index contributed by atoms with van der Waals surface area (Å²) >= 11 is 0. The fourth-order valence-corrected chi connectivity index (χ4v) is 5.20. The lowest BCUT2D eigenvalue weighted by molar-refractivity contribution is -0.123. The van der Waals surface area contributed by atoms with Gasteiger partial charge in [-0.3, -0.25) is 14.5 Å². The first-order valence-electron chi connectivity index (χ1n) is 8.33. The Balaban J connectivity index is 1.48. The zero-order valence-corrected chi connectivity index (χ0v) is 13.3. The first kappa shape index (κ1) is 14.0. The second kappa shape index (κ2) is 4.35. The normalized spacial score (nSPS) is 34.1. The molecule has 0 N–H and O–H groups in total. The van der Waals surface area contributed by atoms with Gasteiger partial charge in [0, 0.05) is 0 Å². The summed E-state index contributed by atoms with van der Waals surface area (Å²) in [6, 6.07) is 6.47. The summed E-state index contributed by atoms with van der Waals surface area (Å²) in [5.41, 5.74) is 1.15.